The molecule has 0 aromatic heterocycles. The van der Waals surface area contributed by atoms with Crippen LogP contribution in [0.1, 0.15) is 19.3 Å². The van der Waals surface area contributed by atoms with Crippen molar-refractivity contribution in [3.63, 3.8) is 0 Å². The fourth-order valence-corrected chi connectivity index (χ4v) is 1.45. The molecule has 0 saturated heterocycles. The summed E-state index contributed by atoms with van der Waals surface area (Å²) in [7, 11) is 1.52. The van der Waals surface area contributed by atoms with E-state index in [1.807, 2.05) is 6.07 Å². The zero-order chi connectivity index (χ0) is 11.8. The number of unbranched alkanes of at least 4 members (excludes halogenated alkanes) is 2. The average molecular weight is 225 g/mol. The Morgan fingerprint density at radius 2 is 2.06 bits per heavy atom. The molecule has 16 heavy (non-hydrogen) atoms. The number of aliphatic hydroxyl groups excluding tert-OH is 1. The van der Waals surface area contributed by atoms with Gasteiger partial charge in [-0.3, -0.25) is 0 Å². The second-order valence-corrected chi connectivity index (χ2v) is 3.60. The highest BCUT2D eigenvalue weighted by Crippen LogP contribution is 2.28. The number of methoxy groups -OCH3 is 1. The third-order valence-electron chi connectivity index (χ3n) is 2.34. The van der Waals surface area contributed by atoms with E-state index in [-0.39, 0.29) is 12.4 Å². The Morgan fingerprint density at radius 3 is 2.69 bits per heavy atom. The first kappa shape index (κ1) is 12.6. The van der Waals surface area contributed by atoms with Crippen LogP contribution in [0.4, 0.5) is 5.69 Å². The highest BCUT2D eigenvalue weighted by atomic mass is 16.5. The van der Waals surface area contributed by atoms with E-state index in [2.05, 4.69) is 5.32 Å². The number of aromatic hydroxyl groups is 1. The summed E-state index contributed by atoms with van der Waals surface area (Å²) in [6.07, 6.45) is 2.86. The lowest BCUT2D eigenvalue weighted by atomic mass is 10.2. The molecule has 0 aliphatic carbocycles. The van der Waals surface area contributed by atoms with Crippen LogP contribution in [-0.2, 0) is 0 Å². The van der Waals surface area contributed by atoms with Gasteiger partial charge in [0, 0.05) is 24.9 Å². The zero-order valence-electron chi connectivity index (χ0n) is 9.57. The molecule has 4 heteroatoms. The summed E-state index contributed by atoms with van der Waals surface area (Å²) in [6, 6.07) is 5.24. The van der Waals surface area contributed by atoms with Gasteiger partial charge in [0.1, 0.15) is 0 Å². The highest BCUT2D eigenvalue weighted by Gasteiger charge is 2.01. The van der Waals surface area contributed by atoms with Crippen molar-refractivity contribution in [3.8, 4) is 11.5 Å². The van der Waals surface area contributed by atoms with E-state index in [0.29, 0.717) is 5.75 Å². The van der Waals surface area contributed by atoms with E-state index in [1.165, 1.54) is 7.11 Å². The molecule has 0 radical (unpaired) electrons. The largest absolute Gasteiger partial charge is 0.504 e. The van der Waals surface area contributed by atoms with Crippen LogP contribution in [0.5, 0.6) is 11.5 Å². The van der Waals surface area contributed by atoms with Crippen LogP contribution in [0.25, 0.3) is 0 Å². The quantitative estimate of drug-likeness (QED) is 0.621. The second kappa shape index (κ2) is 6.95. The molecule has 0 bridgehead atoms. The molecule has 0 spiro atoms. The van der Waals surface area contributed by atoms with Gasteiger partial charge in [-0.2, -0.15) is 0 Å². The Morgan fingerprint density at radius 1 is 1.25 bits per heavy atom. The number of rotatable bonds is 7. The smallest absolute Gasteiger partial charge is 0.160 e. The molecule has 0 aliphatic heterocycles. The van der Waals surface area contributed by atoms with Gasteiger partial charge in [0.05, 0.1) is 7.11 Å². The number of phenolic OH excluding ortho intramolecular Hbond substituents is 1. The summed E-state index contributed by atoms with van der Waals surface area (Å²) in [5.41, 5.74) is 0.877. The first-order valence-electron chi connectivity index (χ1n) is 5.49. The van der Waals surface area contributed by atoms with Gasteiger partial charge in [-0.1, -0.05) is 0 Å². The maximum absolute atomic E-state index is 9.53. The Hall–Kier alpha value is -1.42. The first-order chi connectivity index (χ1) is 7.77. The average Bonchev–Trinajstić information content (AvgIpc) is 2.29. The van der Waals surface area contributed by atoms with E-state index < -0.39 is 0 Å². The van der Waals surface area contributed by atoms with Crippen LogP contribution in [0.3, 0.4) is 0 Å². The van der Waals surface area contributed by atoms with E-state index >= 15 is 0 Å². The normalized spacial score (nSPS) is 10.1. The molecule has 0 unspecified atom stereocenters. The lowest BCUT2D eigenvalue weighted by molar-refractivity contribution is 0.283. The molecule has 0 heterocycles. The van der Waals surface area contributed by atoms with Gasteiger partial charge in [-0.25, -0.2) is 0 Å². The highest BCUT2D eigenvalue weighted by molar-refractivity contribution is 5.53. The Labute approximate surface area is 95.9 Å². The van der Waals surface area contributed by atoms with Gasteiger partial charge in [0.15, 0.2) is 11.5 Å². The van der Waals surface area contributed by atoms with Gasteiger partial charge >= 0.3 is 0 Å². The van der Waals surface area contributed by atoms with Crippen LogP contribution in [-0.4, -0.2) is 30.5 Å². The number of benzene rings is 1. The van der Waals surface area contributed by atoms with E-state index in [4.69, 9.17) is 9.84 Å². The minimum atomic E-state index is 0.142. The number of nitrogens with one attached hydrogen (secondary N) is 1. The topological polar surface area (TPSA) is 61.7 Å². The Bertz CT molecular complexity index is 315. The van der Waals surface area contributed by atoms with Crippen molar-refractivity contribution < 1.29 is 14.9 Å². The summed E-state index contributed by atoms with van der Waals surface area (Å²) < 4.78 is 4.95. The molecule has 0 saturated carbocycles. The second-order valence-electron chi connectivity index (χ2n) is 3.60. The number of ether oxygens (including phenoxy) is 1. The third-order valence-corrected chi connectivity index (χ3v) is 2.34. The molecular weight excluding hydrogens is 206 g/mol. The molecule has 1 aromatic carbocycles. The van der Waals surface area contributed by atoms with Crippen molar-refractivity contribution in [1.29, 1.82) is 0 Å². The molecule has 3 N–H and O–H groups in total. The first-order valence-corrected chi connectivity index (χ1v) is 5.49. The number of anilines is 1. The minimum Gasteiger partial charge on any atom is -0.504 e. The van der Waals surface area contributed by atoms with Gasteiger partial charge < -0.3 is 20.3 Å². The Balaban J connectivity index is 2.34. The molecule has 0 amide bonds. The lowest BCUT2D eigenvalue weighted by Crippen LogP contribution is -2.01. The van der Waals surface area contributed by atoms with Crippen molar-refractivity contribution >= 4 is 5.69 Å². The monoisotopic (exact) mass is 225 g/mol. The SMILES string of the molecule is COc1ccc(NCCCCCO)cc1O. The van der Waals surface area contributed by atoms with E-state index in [9.17, 15) is 5.11 Å². The zero-order valence-corrected chi connectivity index (χ0v) is 9.57. The fourth-order valence-electron chi connectivity index (χ4n) is 1.45. The summed E-state index contributed by atoms with van der Waals surface area (Å²) in [6.45, 7) is 1.09. The molecular formula is C12H19NO3. The van der Waals surface area contributed by atoms with Crippen molar-refractivity contribution in [1.82, 2.24) is 0 Å². The van der Waals surface area contributed by atoms with Crippen LogP contribution in [0, 0.1) is 0 Å². The molecule has 0 fully saturated rings. The van der Waals surface area contributed by atoms with Crippen LogP contribution in [0.2, 0.25) is 0 Å². The van der Waals surface area contributed by atoms with Gasteiger partial charge in [0.25, 0.3) is 0 Å². The molecule has 0 aliphatic rings. The molecule has 90 valence electrons. The standard InChI is InChI=1S/C12H19NO3/c1-16-12-6-5-10(9-11(12)15)13-7-3-2-4-8-14/h5-6,9,13-15H,2-4,7-8H2,1H3. The number of hydrogen-bond donors (Lipinski definition) is 3. The summed E-state index contributed by atoms with van der Waals surface area (Å²) in [5.74, 6) is 0.619. The number of aliphatic hydroxyl groups is 1. The molecule has 1 rings (SSSR count). The van der Waals surface area contributed by atoms with Crippen molar-refractivity contribution in [3.05, 3.63) is 18.2 Å². The maximum Gasteiger partial charge on any atom is 0.160 e. The van der Waals surface area contributed by atoms with E-state index in [1.54, 1.807) is 12.1 Å². The molecule has 4 nitrogen and oxygen atoms in total. The van der Waals surface area contributed by atoms with E-state index in [0.717, 1.165) is 31.5 Å². The van der Waals surface area contributed by atoms with Crippen LogP contribution in [0.15, 0.2) is 18.2 Å². The van der Waals surface area contributed by atoms with Gasteiger partial charge in [-0.15, -0.1) is 0 Å². The lowest BCUT2D eigenvalue weighted by Gasteiger charge is -2.08. The summed E-state index contributed by atoms with van der Waals surface area (Å²) in [5, 5.41) is 21.3. The van der Waals surface area contributed by atoms with Crippen molar-refractivity contribution in [2.24, 2.45) is 0 Å². The number of hydrogen-bond acceptors (Lipinski definition) is 4. The van der Waals surface area contributed by atoms with Gasteiger partial charge in [-0.05, 0) is 31.4 Å². The summed E-state index contributed by atoms with van der Waals surface area (Å²) >= 11 is 0. The van der Waals surface area contributed by atoms with Crippen LogP contribution < -0.4 is 10.1 Å². The fraction of sp³-hybridized carbons (Fsp3) is 0.500. The van der Waals surface area contributed by atoms with Gasteiger partial charge in [0.2, 0.25) is 0 Å². The summed E-state index contributed by atoms with van der Waals surface area (Å²) in [4.78, 5) is 0. The number of phenols is 1. The van der Waals surface area contributed by atoms with Crippen LogP contribution >= 0.6 is 0 Å². The van der Waals surface area contributed by atoms with Crippen molar-refractivity contribution in [2.45, 2.75) is 19.3 Å². The molecule has 1 aromatic rings. The molecule has 0 atom stereocenters. The Kier molecular flexibility index (Phi) is 5.50. The maximum atomic E-state index is 9.53. The third kappa shape index (κ3) is 3.98. The minimum absolute atomic E-state index is 0.142. The predicted molar refractivity (Wildman–Crippen MR) is 64.1 cm³/mol. The predicted octanol–water partition coefficient (Wildman–Crippen LogP) is 1.98. The van der Waals surface area contributed by atoms with Crippen molar-refractivity contribution in [2.75, 3.05) is 25.6 Å².